The number of anilines is 3. The van der Waals surface area contributed by atoms with Gasteiger partial charge in [0.25, 0.3) is 17.7 Å². The van der Waals surface area contributed by atoms with Crippen LogP contribution in [0.25, 0.3) is 0 Å². The molecular formula is C41H43FN6O5Si. The van der Waals surface area contributed by atoms with Crippen LogP contribution in [0.2, 0.25) is 18.6 Å². The Morgan fingerprint density at radius 3 is 2.13 bits per heavy atom. The van der Waals surface area contributed by atoms with Crippen molar-refractivity contribution in [1.29, 1.82) is 0 Å². The van der Waals surface area contributed by atoms with Crippen molar-refractivity contribution in [2.24, 2.45) is 5.92 Å². The van der Waals surface area contributed by atoms with E-state index in [0.717, 1.165) is 5.56 Å². The van der Waals surface area contributed by atoms with Gasteiger partial charge in [0.15, 0.2) is 5.60 Å². The fourth-order valence-electron chi connectivity index (χ4n) is 7.95. The second-order valence-corrected chi connectivity index (χ2v) is 18.3. The van der Waals surface area contributed by atoms with Gasteiger partial charge in [-0.1, -0.05) is 60.7 Å². The monoisotopic (exact) mass is 746 g/mol. The Hall–Kier alpha value is -5.50. The summed E-state index contributed by atoms with van der Waals surface area (Å²) in [5.74, 6) is -1.36. The molecule has 0 aliphatic carbocycles. The molecule has 1 fully saturated rings. The van der Waals surface area contributed by atoms with Gasteiger partial charge in [0.1, 0.15) is 0 Å². The third-order valence-electron chi connectivity index (χ3n) is 10.4. The zero-order valence-electron chi connectivity index (χ0n) is 30.4. The highest BCUT2D eigenvalue weighted by Crippen LogP contribution is 2.60. The van der Waals surface area contributed by atoms with E-state index in [9.17, 15) is 19.5 Å². The van der Waals surface area contributed by atoms with Crippen molar-refractivity contribution in [3.05, 3.63) is 137 Å². The summed E-state index contributed by atoms with van der Waals surface area (Å²) in [6.45, 7) is 5.76. The Kier molecular flexibility index (Phi) is 10.3. The Morgan fingerprint density at radius 1 is 0.907 bits per heavy atom. The van der Waals surface area contributed by atoms with Gasteiger partial charge in [-0.2, -0.15) is 0 Å². The van der Waals surface area contributed by atoms with Crippen molar-refractivity contribution in [2.45, 2.75) is 63.2 Å². The minimum Gasteiger partial charge on any atom is -0.396 e. The normalized spacial score (nSPS) is 20.6. The Balaban J connectivity index is 1.21. The Bertz CT molecular complexity index is 2140. The average molecular weight is 747 g/mol. The van der Waals surface area contributed by atoms with Crippen molar-refractivity contribution in [3.63, 3.8) is 0 Å². The first-order valence-electron chi connectivity index (χ1n) is 18.1. The second-order valence-electron chi connectivity index (χ2n) is 14.5. The lowest BCUT2D eigenvalue weighted by atomic mass is 9.82. The number of benzene rings is 4. The molecule has 0 unspecified atom stereocenters. The van der Waals surface area contributed by atoms with E-state index < -0.39 is 31.6 Å². The molecule has 0 radical (unpaired) electrons. The molecule has 3 heterocycles. The van der Waals surface area contributed by atoms with Crippen LogP contribution in [-0.4, -0.2) is 58.9 Å². The van der Waals surface area contributed by atoms with Crippen LogP contribution in [0.15, 0.2) is 109 Å². The molecule has 54 heavy (non-hydrogen) atoms. The van der Waals surface area contributed by atoms with Crippen LogP contribution in [0.3, 0.4) is 0 Å². The smallest absolute Gasteiger partial charge is 0.264 e. The molecule has 13 heteroatoms. The number of nitrogens with one attached hydrogen (secondary N) is 2. The first-order valence-corrected chi connectivity index (χ1v) is 21.1. The number of aliphatic hydroxyl groups excluding tert-OH is 1. The molecule has 0 bridgehead atoms. The lowest BCUT2D eigenvalue weighted by Crippen LogP contribution is -2.45. The SMILES string of the molecule is C[C@@H]1[C@@H]([Si](C)(C)F)[C@H](CCn2cc(CCO)nn2)O[C@@]12C(=O)N(Cc1ccc(NC(=O)c3ccccc3)cc1)c1ccc(NC(=O)c3ccccc3)cc12. The fourth-order valence-corrected chi connectivity index (χ4v) is 10.5. The van der Waals surface area contributed by atoms with Gasteiger partial charge in [-0.25, -0.2) is 0 Å². The van der Waals surface area contributed by atoms with E-state index >= 15 is 4.11 Å². The maximum atomic E-state index is 16.5. The Morgan fingerprint density at radius 2 is 1.52 bits per heavy atom. The number of carbonyl (C=O) groups is 3. The number of amides is 3. The number of hydrogen-bond acceptors (Lipinski definition) is 7. The van der Waals surface area contributed by atoms with Gasteiger partial charge in [-0.15, -0.1) is 5.10 Å². The van der Waals surface area contributed by atoms with Crippen LogP contribution in [0, 0.1) is 5.92 Å². The summed E-state index contributed by atoms with van der Waals surface area (Å²) in [6, 6.07) is 30.5. The molecule has 3 amide bonds. The predicted octanol–water partition coefficient (Wildman–Crippen LogP) is 6.73. The third kappa shape index (κ3) is 7.22. The van der Waals surface area contributed by atoms with Gasteiger partial charge in [0, 0.05) is 65.3 Å². The number of ether oxygens (including phenoxy) is 1. The number of hydrogen-bond donors (Lipinski definition) is 3. The van der Waals surface area contributed by atoms with Crippen molar-refractivity contribution < 1.29 is 28.3 Å². The van der Waals surface area contributed by atoms with Gasteiger partial charge >= 0.3 is 0 Å². The molecule has 4 atom stereocenters. The summed E-state index contributed by atoms with van der Waals surface area (Å²) in [4.78, 5) is 42.6. The summed E-state index contributed by atoms with van der Waals surface area (Å²) in [7, 11) is -3.44. The first kappa shape index (κ1) is 36.8. The highest BCUT2D eigenvalue weighted by atomic mass is 28.4. The zero-order chi connectivity index (χ0) is 38.0. The molecule has 0 saturated carbocycles. The topological polar surface area (TPSA) is 139 Å². The van der Waals surface area contributed by atoms with E-state index in [2.05, 4.69) is 20.9 Å². The first-order chi connectivity index (χ1) is 26.0. The fraction of sp³-hybridized carbons (Fsp3) is 0.293. The number of halogens is 1. The molecule has 1 spiro atoms. The quantitative estimate of drug-likeness (QED) is 0.0951. The van der Waals surface area contributed by atoms with E-state index in [4.69, 9.17) is 4.74 Å². The molecule has 2 aliphatic rings. The number of nitrogens with zero attached hydrogens (tertiary/aromatic N) is 4. The number of aryl methyl sites for hydroxylation is 1. The summed E-state index contributed by atoms with van der Waals surface area (Å²) in [6.07, 6.45) is 1.92. The standard InChI is InChI=1S/C41H43FN6O5Si/c1-27-37(54(2,3)42)36(20-22-47-26-33(21-23-49)45-46-47)53-41(27)34-24-32(44-39(51)30-12-8-5-9-13-30)18-19-35(34)48(40(41)52)25-28-14-16-31(17-15-28)43-38(50)29-10-6-4-7-11-29/h4-19,24,26-27,36-37,49H,20-23,25H2,1-3H3,(H,43,50)(H,44,51)/t27-,36+,37-,41+/m1/s1. The van der Waals surface area contributed by atoms with E-state index in [1.54, 1.807) is 102 Å². The van der Waals surface area contributed by atoms with Gasteiger partial charge in [0.05, 0.1) is 24.0 Å². The highest BCUT2D eigenvalue weighted by molar-refractivity contribution is 6.72. The molecule has 7 rings (SSSR count). The number of aliphatic hydroxyl groups is 1. The summed E-state index contributed by atoms with van der Waals surface area (Å²) < 4.78 is 25.1. The lowest BCUT2D eigenvalue weighted by Gasteiger charge is -2.31. The van der Waals surface area contributed by atoms with E-state index in [1.807, 2.05) is 37.3 Å². The van der Waals surface area contributed by atoms with Crippen LogP contribution < -0.4 is 15.5 Å². The zero-order valence-corrected chi connectivity index (χ0v) is 31.4. The predicted molar refractivity (Wildman–Crippen MR) is 206 cm³/mol. The third-order valence-corrected chi connectivity index (χ3v) is 12.9. The van der Waals surface area contributed by atoms with Crippen LogP contribution >= 0.6 is 0 Å². The average Bonchev–Trinajstić information content (AvgIpc) is 3.81. The summed E-state index contributed by atoms with van der Waals surface area (Å²) in [5.41, 5.74) is 2.74. The largest absolute Gasteiger partial charge is 0.396 e. The number of aromatic nitrogens is 3. The minimum absolute atomic E-state index is 0.0467. The van der Waals surface area contributed by atoms with Crippen LogP contribution in [-0.2, 0) is 34.6 Å². The van der Waals surface area contributed by atoms with Gasteiger partial charge in [-0.05, 0) is 79.7 Å². The van der Waals surface area contributed by atoms with Gasteiger partial charge < -0.3 is 29.5 Å². The minimum atomic E-state index is -3.44. The molecular weight excluding hydrogens is 704 g/mol. The highest BCUT2D eigenvalue weighted by Gasteiger charge is 2.66. The van der Waals surface area contributed by atoms with E-state index in [-0.39, 0.29) is 30.9 Å². The number of carbonyl (C=O) groups excluding carboxylic acids is 3. The molecule has 1 saturated heterocycles. The Labute approximate surface area is 314 Å². The van der Waals surface area contributed by atoms with Crippen LogP contribution in [0.5, 0.6) is 0 Å². The molecule has 1 aromatic heterocycles. The number of rotatable bonds is 12. The van der Waals surface area contributed by atoms with Crippen LogP contribution in [0.1, 0.15) is 50.9 Å². The summed E-state index contributed by atoms with van der Waals surface area (Å²) >= 11 is 0. The second kappa shape index (κ2) is 15.1. The van der Waals surface area contributed by atoms with E-state index in [0.29, 0.717) is 58.8 Å². The molecule has 4 aromatic carbocycles. The maximum absolute atomic E-state index is 16.5. The van der Waals surface area contributed by atoms with Crippen LogP contribution in [0.4, 0.5) is 21.2 Å². The van der Waals surface area contributed by atoms with Crippen molar-refractivity contribution in [2.75, 3.05) is 22.1 Å². The molecule has 278 valence electrons. The van der Waals surface area contributed by atoms with Gasteiger partial charge in [0.2, 0.25) is 8.41 Å². The van der Waals surface area contributed by atoms with Gasteiger partial charge in [-0.3, -0.25) is 19.1 Å². The van der Waals surface area contributed by atoms with Crippen molar-refractivity contribution in [1.82, 2.24) is 15.0 Å². The van der Waals surface area contributed by atoms with Crippen molar-refractivity contribution in [3.8, 4) is 0 Å². The molecule has 3 N–H and O–H groups in total. The molecule has 2 aliphatic heterocycles. The maximum Gasteiger partial charge on any atom is 0.264 e. The summed E-state index contributed by atoms with van der Waals surface area (Å²) in [5, 5.41) is 23.5. The lowest BCUT2D eigenvalue weighted by molar-refractivity contribution is -0.146. The van der Waals surface area contributed by atoms with E-state index in [1.165, 1.54) is 0 Å². The molecule has 11 nitrogen and oxygen atoms in total. The van der Waals surface area contributed by atoms with Crippen molar-refractivity contribution >= 4 is 43.2 Å². The number of fused-ring (bicyclic) bond motifs is 2. The molecule has 5 aromatic rings.